The molecular weight excluding hydrogens is 416 g/mol. The van der Waals surface area contributed by atoms with Crippen molar-refractivity contribution in [1.82, 2.24) is 5.32 Å². The molecule has 2 unspecified atom stereocenters. The van der Waals surface area contributed by atoms with Crippen molar-refractivity contribution in [2.75, 3.05) is 6.61 Å². The van der Waals surface area contributed by atoms with Gasteiger partial charge in [0.05, 0.1) is 6.04 Å². The monoisotopic (exact) mass is 444 g/mol. The number of nitrogens with two attached hydrogens (primary N) is 1. The van der Waals surface area contributed by atoms with Crippen molar-refractivity contribution < 1.29 is 19.1 Å². The molecule has 3 aromatic rings. The molecule has 33 heavy (non-hydrogen) atoms. The summed E-state index contributed by atoms with van der Waals surface area (Å²) in [5.74, 6) is 0.251. The first kappa shape index (κ1) is 22.6. The van der Waals surface area contributed by atoms with Crippen LogP contribution in [0.5, 0.6) is 11.5 Å². The summed E-state index contributed by atoms with van der Waals surface area (Å²) in [4.78, 5) is 25.0. The molecule has 0 heterocycles. The molecule has 1 aliphatic rings. The number of carbonyl (C=O) groups excluding carboxylic acids is 2. The molecule has 0 bridgehead atoms. The van der Waals surface area contributed by atoms with Gasteiger partial charge in [-0.05, 0) is 60.2 Å². The average Bonchev–Trinajstić information content (AvgIpc) is 2.87. The van der Waals surface area contributed by atoms with Crippen LogP contribution in [0.25, 0.3) is 0 Å². The number of ether oxygens (including phenoxy) is 2. The number of hydrogen-bond acceptors (Lipinski definition) is 5. The van der Waals surface area contributed by atoms with Crippen LogP contribution in [-0.4, -0.2) is 24.3 Å². The summed E-state index contributed by atoms with van der Waals surface area (Å²) in [5, 5.41) is 2.93. The molecule has 0 saturated carbocycles. The average molecular weight is 445 g/mol. The third-order valence-electron chi connectivity index (χ3n) is 5.77. The fourth-order valence-corrected chi connectivity index (χ4v) is 3.93. The van der Waals surface area contributed by atoms with Gasteiger partial charge in [-0.2, -0.15) is 0 Å². The Labute approximate surface area is 193 Å². The van der Waals surface area contributed by atoms with Gasteiger partial charge < -0.3 is 20.5 Å². The van der Waals surface area contributed by atoms with E-state index < -0.39 is 17.7 Å². The molecule has 1 amide bonds. The van der Waals surface area contributed by atoms with Crippen molar-refractivity contribution in [1.29, 1.82) is 0 Å². The maximum absolute atomic E-state index is 12.6. The Kier molecular flexibility index (Phi) is 7.37. The van der Waals surface area contributed by atoms with Crippen molar-refractivity contribution in [3.8, 4) is 11.5 Å². The molecule has 170 valence electrons. The number of aryl methyl sites for hydroxylation is 1. The van der Waals surface area contributed by atoms with Crippen molar-refractivity contribution in [2.45, 2.75) is 38.0 Å². The predicted octanol–water partition coefficient (Wildman–Crippen LogP) is 3.73. The van der Waals surface area contributed by atoms with Crippen LogP contribution in [0.3, 0.4) is 0 Å². The molecule has 0 radical (unpaired) electrons. The zero-order valence-electron chi connectivity index (χ0n) is 18.4. The van der Waals surface area contributed by atoms with E-state index in [4.69, 9.17) is 15.2 Å². The molecule has 0 fully saturated rings. The van der Waals surface area contributed by atoms with Gasteiger partial charge in [0, 0.05) is 0 Å². The third-order valence-corrected chi connectivity index (χ3v) is 5.77. The van der Waals surface area contributed by atoms with Gasteiger partial charge in [-0.25, -0.2) is 0 Å². The van der Waals surface area contributed by atoms with Crippen LogP contribution in [0, 0.1) is 0 Å². The van der Waals surface area contributed by atoms with Crippen LogP contribution in [0.1, 0.15) is 35.6 Å². The van der Waals surface area contributed by atoms with E-state index in [1.54, 1.807) is 24.3 Å². The lowest BCUT2D eigenvalue weighted by Gasteiger charge is -2.27. The van der Waals surface area contributed by atoms with E-state index in [1.807, 2.05) is 48.5 Å². The first-order valence-corrected chi connectivity index (χ1v) is 11.2. The van der Waals surface area contributed by atoms with Gasteiger partial charge in [0.2, 0.25) is 5.91 Å². The standard InChI is InChI=1S/C27H28N2O4/c28-26(27(31)29-24-12-6-10-20-9-4-5-11-23(20)24)25(30)18-33-22-15-13-21(14-16-22)32-17-19-7-2-1-3-8-19/h1-5,7-9,11,13-16,24,26H,6,10,12,17-18,28H2,(H,29,31). The van der Waals surface area contributed by atoms with E-state index in [0.717, 1.165) is 30.4 Å². The lowest BCUT2D eigenvalue weighted by Crippen LogP contribution is -2.49. The second-order valence-electron chi connectivity index (χ2n) is 8.13. The third kappa shape index (κ3) is 5.99. The number of rotatable bonds is 9. The first-order chi connectivity index (χ1) is 16.1. The molecule has 6 nitrogen and oxygen atoms in total. The Bertz CT molecular complexity index is 1080. The number of Topliss-reactive ketones (excluding diaryl/α,β-unsaturated/α-hetero) is 1. The van der Waals surface area contributed by atoms with E-state index >= 15 is 0 Å². The minimum absolute atomic E-state index is 0.120. The Morgan fingerprint density at radius 2 is 1.58 bits per heavy atom. The second kappa shape index (κ2) is 10.8. The van der Waals surface area contributed by atoms with Crippen molar-refractivity contribution in [2.24, 2.45) is 5.73 Å². The number of benzene rings is 3. The summed E-state index contributed by atoms with van der Waals surface area (Å²) in [6.07, 6.45) is 2.82. The van der Waals surface area contributed by atoms with Gasteiger partial charge in [0.1, 0.15) is 30.8 Å². The molecule has 0 aromatic heterocycles. The first-order valence-electron chi connectivity index (χ1n) is 11.2. The van der Waals surface area contributed by atoms with E-state index in [0.29, 0.717) is 18.1 Å². The van der Waals surface area contributed by atoms with Gasteiger partial charge in [-0.15, -0.1) is 0 Å². The smallest absolute Gasteiger partial charge is 0.245 e. The van der Waals surface area contributed by atoms with Gasteiger partial charge in [-0.3, -0.25) is 9.59 Å². The van der Waals surface area contributed by atoms with Crippen LogP contribution < -0.4 is 20.5 Å². The fraction of sp³-hybridized carbons (Fsp3) is 0.259. The van der Waals surface area contributed by atoms with Crippen LogP contribution in [0.2, 0.25) is 0 Å². The highest BCUT2D eigenvalue weighted by Crippen LogP contribution is 2.29. The summed E-state index contributed by atoms with van der Waals surface area (Å²) in [6.45, 7) is 0.190. The zero-order valence-corrected chi connectivity index (χ0v) is 18.4. The molecule has 6 heteroatoms. The van der Waals surface area contributed by atoms with Crippen molar-refractivity contribution in [3.63, 3.8) is 0 Å². The van der Waals surface area contributed by atoms with Crippen LogP contribution in [0.15, 0.2) is 78.9 Å². The Morgan fingerprint density at radius 1 is 0.909 bits per heavy atom. The number of nitrogens with one attached hydrogen (secondary N) is 1. The van der Waals surface area contributed by atoms with Crippen LogP contribution >= 0.6 is 0 Å². The fourth-order valence-electron chi connectivity index (χ4n) is 3.93. The van der Waals surface area contributed by atoms with Gasteiger partial charge >= 0.3 is 0 Å². The number of amides is 1. The van der Waals surface area contributed by atoms with Gasteiger partial charge in [0.15, 0.2) is 5.78 Å². The minimum Gasteiger partial charge on any atom is -0.489 e. The SMILES string of the molecule is NC(C(=O)COc1ccc(OCc2ccccc2)cc1)C(=O)NC1CCCc2ccccc21. The number of carbonyl (C=O) groups is 2. The van der Waals surface area contributed by atoms with E-state index in [-0.39, 0.29) is 12.6 Å². The highest BCUT2D eigenvalue weighted by molar-refractivity contribution is 6.05. The zero-order chi connectivity index (χ0) is 23.0. The number of ketones is 1. The second-order valence-corrected chi connectivity index (χ2v) is 8.13. The molecule has 0 aliphatic heterocycles. The maximum atomic E-state index is 12.6. The molecule has 2 atom stereocenters. The van der Waals surface area contributed by atoms with Gasteiger partial charge in [-0.1, -0.05) is 54.6 Å². The largest absolute Gasteiger partial charge is 0.489 e. The highest BCUT2D eigenvalue weighted by Gasteiger charge is 2.27. The molecule has 0 saturated heterocycles. The lowest BCUT2D eigenvalue weighted by atomic mass is 9.87. The highest BCUT2D eigenvalue weighted by atomic mass is 16.5. The van der Waals surface area contributed by atoms with Gasteiger partial charge in [0.25, 0.3) is 0 Å². The summed E-state index contributed by atoms with van der Waals surface area (Å²) in [6, 6.07) is 23.5. The number of fused-ring (bicyclic) bond motifs is 1. The summed E-state index contributed by atoms with van der Waals surface area (Å²) in [5.41, 5.74) is 9.33. The molecule has 1 aliphatic carbocycles. The van der Waals surface area contributed by atoms with E-state index in [9.17, 15) is 9.59 Å². The molecule has 3 aromatic carbocycles. The lowest BCUT2D eigenvalue weighted by molar-refractivity contribution is -0.131. The normalized spacial score (nSPS) is 15.7. The molecular formula is C27H28N2O4. The number of hydrogen-bond donors (Lipinski definition) is 2. The Balaban J connectivity index is 1.25. The Hall–Kier alpha value is -3.64. The molecule has 0 spiro atoms. The van der Waals surface area contributed by atoms with Crippen LogP contribution in [0.4, 0.5) is 0 Å². The maximum Gasteiger partial charge on any atom is 0.245 e. The Morgan fingerprint density at radius 3 is 2.33 bits per heavy atom. The van der Waals surface area contributed by atoms with E-state index in [1.165, 1.54) is 5.56 Å². The summed E-state index contributed by atoms with van der Waals surface area (Å²) >= 11 is 0. The van der Waals surface area contributed by atoms with Crippen LogP contribution in [-0.2, 0) is 22.6 Å². The molecule has 3 N–H and O–H groups in total. The van der Waals surface area contributed by atoms with Crippen molar-refractivity contribution >= 4 is 11.7 Å². The quantitative estimate of drug-likeness (QED) is 0.491. The summed E-state index contributed by atoms with van der Waals surface area (Å²) < 4.78 is 11.3. The molecule has 4 rings (SSSR count). The van der Waals surface area contributed by atoms with Crippen molar-refractivity contribution in [3.05, 3.63) is 95.6 Å². The van der Waals surface area contributed by atoms with E-state index in [2.05, 4.69) is 11.4 Å². The predicted molar refractivity (Wildman–Crippen MR) is 126 cm³/mol. The summed E-state index contributed by atoms with van der Waals surface area (Å²) in [7, 11) is 0. The minimum atomic E-state index is -1.27. The topological polar surface area (TPSA) is 90.7 Å².